The minimum atomic E-state index is 0.110. The van der Waals surface area contributed by atoms with Gasteiger partial charge in [-0.3, -0.25) is 0 Å². The van der Waals surface area contributed by atoms with Crippen molar-refractivity contribution >= 4 is 17.2 Å². The Balaban J connectivity index is 1.25. The third kappa shape index (κ3) is 2.93. The molecular formula is C26H27N5O. The molecule has 0 saturated carbocycles. The third-order valence-corrected chi connectivity index (χ3v) is 7.47. The zero-order chi connectivity index (χ0) is 21.9. The molecule has 1 spiro atoms. The summed E-state index contributed by atoms with van der Waals surface area (Å²) in [6.45, 7) is 5.93. The van der Waals surface area contributed by atoms with Crippen LogP contribution in [0.1, 0.15) is 41.1 Å². The van der Waals surface area contributed by atoms with Gasteiger partial charge in [0.05, 0.1) is 6.20 Å². The maximum atomic E-state index is 6.72. The molecule has 32 heavy (non-hydrogen) atoms. The summed E-state index contributed by atoms with van der Waals surface area (Å²) in [6.07, 6.45) is 4.92. The Labute approximate surface area is 187 Å². The van der Waals surface area contributed by atoms with Gasteiger partial charge in [0.2, 0.25) is 11.8 Å². The molecule has 4 aromatic rings. The van der Waals surface area contributed by atoms with Gasteiger partial charge in [-0.25, -0.2) is 9.97 Å². The van der Waals surface area contributed by atoms with Crippen molar-refractivity contribution in [3.05, 3.63) is 70.9 Å². The first-order valence-corrected chi connectivity index (χ1v) is 11.3. The van der Waals surface area contributed by atoms with E-state index in [0.29, 0.717) is 23.1 Å². The van der Waals surface area contributed by atoms with E-state index in [1.54, 1.807) is 6.20 Å². The number of hydrogen-bond acceptors (Lipinski definition) is 6. The van der Waals surface area contributed by atoms with Gasteiger partial charge in [-0.1, -0.05) is 42.5 Å². The highest BCUT2D eigenvalue weighted by atomic mass is 16.4. The zero-order valence-corrected chi connectivity index (χ0v) is 18.5. The van der Waals surface area contributed by atoms with E-state index in [9.17, 15) is 0 Å². The molecular weight excluding hydrogens is 398 g/mol. The number of nitrogens with zero attached hydrogens (tertiary/aromatic N) is 4. The van der Waals surface area contributed by atoms with Crippen molar-refractivity contribution in [2.24, 2.45) is 11.1 Å². The van der Waals surface area contributed by atoms with Crippen LogP contribution in [0.25, 0.3) is 22.7 Å². The summed E-state index contributed by atoms with van der Waals surface area (Å²) in [5.41, 5.74) is 14.1. The van der Waals surface area contributed by atoms with Crippen LogP contribution >= 0.6 is 0 Å². The molecule has 0 unspecified atom stereocenters. The van der Waals surface area contributed by atoms with Gasteiger partial charge < -0.3 is 15.1 Å². The second-order valence-electron chi connectivity index (χ2n) is 9.35. The summed E-state index contributed by atoms with van der Waals surface area (Å²) < 4.78 is 6.09. The summed E-state index contributed by atoms with van der Waals surface area (Å²) in [6, 6.07) is 14.9. The highest BCUT2D eigenvalue weighted by Gasteiger charge is 2.46. The number of oxazole rings is 1. The van der Waals surface area contributed by atoms with Gasteiger partial charge in [0.25, 0.3) is 5.71 Å². The van der Waals surface area contributed by atoms with Crippen LogP contribution in [0.5, 0.6) is 0 Å². The zero-order valence-electron chi connectivity index (χ0n) is 18.5. The Morgan fingerprint density at radius 3 is 2.50 bits per heavy atom. The standard InChI is InChI=1S/C26H27N5O/c1-16-6-5-7-17(2)21(16)24-29-20-15-28-25(30-23(20)32-24)31-12-10-26(11-13-31)14-18-8-3-4-9-19(18)22(26)27/h3-9,15,22H,10-14,27H2,1-2H3/t22-/m1/s1. The first-order valence-electron chi connectivity index (χ1n) is 11.3. The number of fused-ring (bicyclic) bond motifs is 2. The molecule has 1 aliphatic carbocycles. The molecule has 162 valence electrons. The van der Waals surface area contributed by atoms with E-state index < -0.39 is 0 Å². The van der Waals surface area contributed by atoms with Crippen molar-refractivity contribution in [1.82, 2.24) is 15.0 Å². The van der Waals surface area contributed by atoms with Gasteiger partial charge in [0.15, 0.2) is 0 Å². The van der Waals surface area contributed by atoms with Crippen LogP contribution in [-0.2, 0) is 6.42 Å². The predicted octanol–water partition coefficient (Wildman–Crippen LogP) is 4.74. The van der Waals surface area contributed by atoms with Gasteiger partial charge in [0, 0.05) is 24.7 Å². The van der Waals surface area contributed by atoms with Crippen LogP contribution in [0.4, 0.5) is 5.95 Å². The number of rotatable bonds is 2. The summed E-state index contributed by atoms with van der Waals surface area (Å²) >= 11 is 0. The summed E-state index contributed by atoms with van der Waals surface area (Å²) in [5, 5.41) is 0. The van der Waals surface area contributed by atoms with Crippen LogP contribution in [-0.4, -0.2) is 28.0 Å². The number of piperidine rings is 1. The van der Waals surface area contributed by atoms with Crippen LogP contribution in [0.3, 0.4) is 0 Å². The smallest absolute Gasteiger partial charge is 0.252 e. The van der Waals surface area contributed by atoms with E-state index in [2.05, 4.69) is 65.1 Å². The number of anilines is 1. The Kier molecular flexibility index (Phi) is 4.33. The second kappa shape index (κ2) is 7.14. The summed E-state index contributed by atoms with van der Waals surface area (Å²) in [7, 11) is 0. The molecule has 1 fully saturated rings. The molecule has 2 aromatic heterocycles. The summed E-state index contributed by atoms with van der Waals surface area (Å²) in [5.74, 6) is 1.31. The van der Waals surface area contributed by atoms with E-state index >= 15 is 0 Å². The largest absolute Gasteiger partial charge is 0.417 e. The maximum Gasteiger partial charge on any atom is 0.252 e. The molecule has 3 heterocycles. The third-order valence-electron chi connectivity index (χ3n) is 7.47. The van der Waals surface area contributed by atoms with Crippen molar-refractivity contribution < 1.29 is 4.42 Å². The van der Waals surface area contributed by atoms with Crippen molar-refractivity contribution in [1.29, 1.82) is 0 Å². The lowest BCUT2D eigenvalue weighted by Gasteiger charge is -2.42. The number of benzene rings is 2. The molecule has 6 heteroatoms. The van der Waals surface area contributed by atoms with Crippen LogP contribution in [0, 0.1) is 19.3 Å². The average molecular weight is 426 g/mol. The molecule has 6 rings (SSSR count). The summed E-state index contributed by atoms with van der Waals surface area (Å²) in [4.78, 5) is 16.3. The SMILES string of the molecule is Cc1cccc(C)c1-c1nc2cnc(N3CCC4(CC3)Cc3ccccc3[C@H]4N)nc2o1. The fourth-order valence-corrected chi connectivity index (χ4v) is 5.60. The Hall–Kier alpha value is -3.25. The van der Waals surface area contributed by atoms with E-state index in [4.69, 9.17) is 15.1 Å². The maximum absolute atomic E-state index is 6.72. The quantitative estimate of drug-likeness (QED) is 0.499. The molecule has 0 radical (unpaired) electrons. The number of nitrogens with two attached hydrogens (primary N) is 1. The first kappa shape index (κ1) is 19.4. The molecule has 0 bridgehead atoms. The second-order valence-corrected chi connectivity index (χ2v) is 9.35. The lowest BCUT2D eigenvalue weighted by molar-refractivity contribution is 0.187. The minimum absolute atomic E-state index is 0.110. The fourth-order valence-electron chi connectivity index (χ4n) is 5.60. The van der Waals surface area contributed by atoms with Crippen molar-refractivity contribution in [3.8, 4) is 11.5 Å². The van der Waals surface area contributed by atoms with E-state index in [1.807, 2.05) is 6.07 Å². The molecule has 1 aliphatic heterocycles. The van der Waals surface area contributed by atoms with Crippen LogP contribution < -0.4 is 10.6 Å². The molecule has 1 atom stereocenters. The van der Waals surface area contributed by atoms with E-state index in [-0.39, 0.29) is 11.5 Å². The fraction of sp³-hybridized carbons (Fsp3) is 0.346. The molecule has 2 aliphatic rings. The van der Waals surface area contributed by atoms with Crippen molar-refractivity contribution in [2.45, 2.75) is 39.2 Å². The Morgan fingerprint density at radius 1 is 1.00 bits per heavy atom. The lowest BCUT2D eigenvalue weighted by atomic mass is 9.73. The first-order chi connectivity index (χ1) is 15.5. The molecule has 2 N–H and O–H groups in total. The van der Waals surface area contributed by atoms with Gasteiger partial charge in [0.1, 0.15) is 5.52 Å². The predicted molar refractivity (Wildman–Crippen MR) is 125 cm³/mol. The van der Waals surface area contributed by atoms with Gasteiger partial charge >= 0.3 is 0 Å². The van der Waals surface area contributed by atoms with Crippen LogP contribution in [0.15, 0.2) is 53.1 Å². The van der Waals surface area contributed by atoms with Gasteiger partial charge in [-0.2, -0.15) is 4.98 Å². The van der Waals surface area contributed by atoms with Gasteiger partial charge in [-0.15, -0.1) is 0 Å². The monoisotopic (exact) mass is 425 g/mol. The van der Waals surface area contributed by atoms with Crippen LogP contribution in [0.2, 0.25) is 0 Å². The Morgan fingerprint density at radius 2 is 1.75 bits per heavy atom. The lowest BCUT2D eigenvalue weighted by Crippen LogP contribution is -2.44. The molecule has 6 nitrogen and oxygen atoms in total. The molecule has 0 amide bonds. The number of hydrogen-bond donors (Lipinski definition) is 1. The average Bonchev–Trinajstić information content (AvgIpc) is 3.33. The number of aromatic nitrogens is 3. The van der Waals surface area contributed by atoms with E-state index in [0.717, 1.165) is 49.0 Å². The molecule has 2 aromatic carbocycles. The minimum Gasteiger partial charge on any atom is -0.417 e. The van der Waals surface area contributed by atoms with Crippen molar-refractivity contribution in [3.63, 3.8) is 0 Å². The van der Waals surface area contributed by atoms with Crippen molar-refractivity contribution in [2.75, 3.05) is 18.0 Å². The Bertz CT molecular complexity index is 1300. The highest BCUT2D eigenvalue weighted by molar-refractivity contribution is 5.75. The highest BCUT2D eigenvalue weighted by Crippen LogP contribution is 2.50. The topological polar surface area (TPSA) is 81.1 Å². The number of aryl methyl sites for hydroxylation is 2. The normalized spacial score (nSPS) is 19.6. The van der Waals surface area contributed by atoms with Gasteiger partial charge in [-0.05, 0) is 60.8 Å². The molecule has 1 saturated heterocycles. The van der Waals surface area contributed by atoms with E-state index in [1.165, 1.54) is 11.1 Å².